The number of hydrogen-bond donors (Lipinski definition) is 2. The van der Waals surface area contributed by atoms with Gasteiger partial charge >= 0.3 is 0 Å². The molecule has 0 radical (unpaired) electrons. The first-order valence-corrected chi connectivity index (χ1v) is 11.6. The number of H-pyrrole nitrogens is 1. The fourth-order valence-electron chi connectivity index (χ4n) is 3.55. The molecule has 1 amide bonds. The van der Waals surface area contributed by atoms with Crippen molar-refractivity contribution >= 4 is 21.6 Å². The third-order valence-electron chi connectivity index (χ3n) is 5.28. The lowest BCUT2D eigenvalue weighted by atomic mass is 10.1. The molecular formula is C22H23FN4O3S. The molecule has 4 rings (SSSR count). The van der Waals surface area contributed by atoms with Gasteiger partial charge in [-0.2, -0.15) is 9.40 Å². The molecule has 1 saturated heterocycles. The highest BCUT2D eigenvalue weighted by atomic mass is 32.2. The number of carbonyl (C=O) groups excluding carboxylic acids is 1. The van der Waals surface area contributed by atoms with Crippen LogP contribution in [0, 0.1) is 5.82 Å². The van der Waals surface area contributed by atoms with E-state index in [-0.39, 0.29) is 16.4 Å². The van der Waals surface area contributed by atoms with Crippen LogP contribution in [0.1, 0.15) is 36.2 Å². The van der Waals surface area contributed by atoms with Gasteiger partial charge in [-0.3, -0.25) is 9.89 Å². The topological polar surface area (TPSA) is 95.2 Å². The molecule has 1 aromatic heterocycles. The number of hydrogen-bond acceptors (Lipinski definition) is 4. The van der Waals surface area contributed by atoms with Crippen molar-refractivity contribution in [2.75, 3.05) is 18.4 Å². The Labute approximate surface area is 180 Å². The average molecular weight is 443 g/mol. The van der Waals surface area contributed by atoms with Crippen molar-refractivity contribution < 1.29 is 17.6 Å². The van der Waals surface area contributed by atoms with Crippen molar-refractivity contribution in [3.63, 3.8) is 0 Å². The van der Waals surface area contributed by atoms with Gasteiger partial charge in [-0.25, -0.2) is 12.8 Å². The van der Waals surface area contributed by atoms with Gasteiger partial charge in [0.1, 0.15) is 11.5 Å². The fourth-order valence-corrected chi connectivity index (χ4v) is 5.06. The van der Waals surface area contributed by atoms with Gasteiger partial charge in [0.15, 0.2) is 0 Å². The van der Waals surface area contributed by atoms with Crippen molar-refractivity contribution in [3.05, 3.63) is 66.1 Å². The number of carbonyl (C=O) groups is 1. The monoisotopic (exact) mass is 442 g/mol. The highest BCUT2D eigenvalue weighted by Gasteiger charge is 2.25. The van der Waals surface area contributed by atoms with Gasteiger partial charge in [-0.05, 0) is 67.4 Å². The maximum Gasteiger partial charge on any atom is 0.273 e. The predicted octanol–water partition coefficient (Wildman–Crippen LogP) is 4.03. The summed E-state index contributed by atoms with van der Waals surface area (Å²) in [5.41, 5.74) is 1.90. The Morgan fingerprint density at radius 3 is 2.26 bits per heavy atom. The van der Waals surface area contributed by atoms with Crippen LogP contribution in [0.3, 0.4) is 0 Å². The van der Waals surface area contributed by atoms with Gasteiger partial charge in [-0.15, -0.1) is 0 Å². The summed E-state index contributed by atoms with van der Waals surface area (Å²) in [7, 11) is -3.54. The number of sulfonamides is 1. The van der Waals surface area contributed by atoms with Crippen LogP contribution in [0.25, 0.3) is 11.3 Å². The highest BCUT2D eigenvalue weighted by Crippen LogP contribution is 2.23. The lowest BCUT2D eigenvalue weighted by molar-refractivity contribution is 0.102. The highest BCUT2D eigenvalue weighted by molar-refractivity contribution is 7.89. The first-order chi connectivity index (χ1) is 14.9. The third kappa shape index (κ3) is 4.83. The number of anilines is 1. The summed E-state index contributed by atoms with van der Waals surface area (Å²) < 4.78 is 40.3. The zero-order valence-electron chi connectivity index (χ0n) is 16.8. The van der Waals surface area contributed by atoms with E-state index in [0.717, 1.165) is 25.7 Å². The molecule has 31 heavy (non-hydrogen) atoms. The minimum Gasteiger partial charge on any atom is -0.321 e. The van der Waals surface area contributed by atoms with E-state index in [2.05, 4.69) is 15.5 Å². The quantitative estimate of drug-likeness (QED) is 0.624. The summed E-state index contributed by atoms with van der Waals surface area (Å²) in [5.74, 6) is -0.762. The van der Waals surface area contributed by atoms with Crippen molar-refractivity contribution in [3.8, 4) is 11.3 Å². The SMILES string of the molecule is O=C(Nc1ccc(S(=O)(=O)N2CCCCCC2)cc1)c1cc(-c2ccc(F)cc2)n[nH]1. The summed E-state index contributed by atoms with van der Waals surface area (Å²) in [6, 6.07) is 13.5. The van der Waals surface area contributed by atoms with Crippen LogP contribution in [0.5, 0.6) is 0 Å². The number of aromatic amines is 1. The number of nitrogens with zero attached hydrogens (tertiary/aromatic N) is 2. The number of rotatable bonds is 5. The van der Waals surface area contributed by atoms with Gasteiger partial charge in [0, 0.05) is 24.3 Å². The second-order valence-corrected chi connectivity index (χ2v) is 9.41. The summed E-state index contributed by atoms with van der Waals surface area (Å²) in [6.45, 7) is 1.08. The van der Waals surface area contributed by atoms with E-state index < -0.39 is 15.9 Å². The van der Waals surface area contributed by atoms with Gasteiger partial charge in [0.05, 0.1) is 10.6 Å². The Morgan fingerprint density at radius 2 is 1.61 bits per heavy atom. The lowest BCUT2D eigenvalue weighted by Gasteiger charge is -2.20. The average Bonchev–Trinajstić information content (AvgIpc) is 3.09. The molecule has 0 bridgehead atoms. The summed E-state index contributed by atoms with van der Waals surface area (Å²) in [4.78, 5) is 12.7. The molecule has 1 fully saturated rings. The zero-order valence-corrected chi connectivity index (χ0v) is 17.7. The Bertz CT molecular complexity index is 1150. The van der Waals surface area contributed by atoms with Crippen LogP contribution >= 0.6 is 0 Å². The number of nitrogens with one attached hydrogen (secondary N) is 2. The lowest BCUT2D eigenvalue weighted by Crippen LogP contribution is -2.31. The van der Waals surface area contributed by atoms with Gasteiger partial charge in [0.2, 0.25) is 10.0 Å². The molecule has 0 aliphatic carbocycles. The third-order valence-corrected chi connectivity index (χ3v) is 7.19. The number of aromatic nitrogens is 2. The van der Waals surface area contributed by atoms with E-state index in [9.17, 15) is 17.6 Å². The van der Waals surface area contributed by atoms with E-state index in [0.29, 0.717) is 30.0 Å². The maximum atomic E-state index is 13.1. The molecule has 0 saturated carbocycles. The smallest absolute Gasteiger partial charge is 0.273 e. The van der Waals surface area contributed by atoms with Crippen molar-refractivity contribution in [2.24, 2.45) is 0 Å². The van der Waals surface area contributed by atoms with Crippen molar-refractivity contribution in [1.29, 1.82) is 0 Å². The van der Waals surface area contributed by atoms with E-state index in [1.54, 1.807) is 30.3 Å². The molecule has 7 nitrogen and oxygen atoms in total. The molecule has 2 heterocycles. The van der Waals surface area contributed by atoms with E-state index in [1.807, 2.05) is 0 Å². The van der Waals surface area contributed by atoms with E-state index >= 15 is 0 Å². The Morgan fingerprint density at radius 1 is 0.968 bits per heavy atom. The summed E-state index contributed by atoms with van der Waals surface area (Å²) in [5, 5.41) is 9.48. The molecular weight excluding hydrogens is 419 g/mol. The first kappa shape index (κ1) is 21.2. The van der Waals surface area contributed by atoms with Gasteiger partial charge < -0.3 is 5.32 Å². The molecule has 1 aliphatic heterocycles. The molecule has 2 N–H and O–H groups in total. The van der Waals surface area contributed by atoms with Crippen molar-refractivity contribution in [2.45, 2.75) is 30.6 Å². The van der Waals surface area contributed by atoms with E-state index in [4.69, 9.17) is 0 Å². The maximum absolute atomic E-state index is 13.1. The normalized spacial score (nSPS) is 15.4. The zero-order chi connectivity index (χ0) is 21.8. The standard InChI is InChI=1S/C22H23FN4O3S/c23-17-7-5-16(6-8-17)20-15-21(26-25-20)22(28)24-18-9-11-19(12-10-18)31(29,30)27-13-3-1-2-4-14-27/h5-12,15H,1-4,13-14H2,(H,24,28)(H,25,26). The molecule has 162 valence electrons. The Hall–Kier alpha value is -3.04. The van der Waals surface area contributed by atoms with Crippen LogP contribution in [-0.2, 0) is 10.0 Å². The predicted molar refractivity (Wildman–Crippen MR) is 116 cm³/mol. The molecule has 3 aromatic rings. The molecule has 0 unspecified atom stereocenters. The molecule has 2 aromatic carbocycles. The summed E-state index contributed by atoms with van der Waals surface area (Å²) in [6.07, 6.45) is 3.84. The van der Waals surface area contributed by atoms with Crippen LogP contribution in [0.2, 0.25) is 0 Å². The van der Waals surface area contributed by atoms with Crippen LogP contribution < -0.4 is 5.32 Å². The fraction of sp³-hybridized carbons (Fsp3) is 0.273. The summed E-state index contributed by atoms with van der Waals surface area (Å²) >= 11 is 0. The minimum atomic E-state index is -3.54. The molecule has 9 heteroatoms. The van der Waals surface area contributed by atoms with Crippen molar-refractivity contribution in [1.82, 2.24) is 14.5 Å². The number of benzene rings is 2. The molecule has 0 spiro atoms. The van der Waals surface area contributed by atoms with E-state index in [1.165, 1.54) is 28.6 Å². The Balaban J connectivity index is 1.44. The second-order valence-electron chi connectivity index (χ2n) is 7.47. The molecule has 1 aliphatic rings. The van der Waals surface area contributed by atoms with Gasteiger partial charge in [0.25, 0.3) is 5.91 Å². The molecule has 0 atom stereocenters. The Kier molecular flexibility index (Phi) is 6.15. The van der Waals surface area contributed by atoms with Crippen LogP contribution in [-0.4, -0.2) is 41.9 Å². The largest absolute Gasteiger partial charge is 0.321 e. The minimum absolute atomic E-state index is 0.215. The number of halogens is 1. The van der Waals surface area contributed by atoms with Crippen LogP contribution in [0.4, 0.5) is 10.1 Å². The van der Waals surface area contributed by atoms with Gasteiger partial charge in [-0.1, -0.05) is 12.8 Å². The van der Waals surface area contributed by atoms with Crippen LogP contribution in [0.15, 0.2) is 59.5 Å². The first-order valence-electron chi connectivity index (χ1n) is 10.2. The number of amides is 1. The second kappa shape index (κ2) is 8.99.